The zero-order chi connectivity index (χ0) is 57.7. The molecule has 0 spiro atoms. The third-order valence-electron chi connectivity index (χ3n) is 10.9. The second-order valence-electron chi connectivity index (χ2n) is 19.3. The molecule has 0 aliphatic heterocycles. The summed E-state index contributed by atoms with van der Waals surface area (Å²) in [7, 11) is -4.30. The number of unbranched alkanes of at least 4 members (excludes halogenated alkanes) is 14. The van der Waals surface area contributed by atoms with Gasteiger partial charge < -0.3 is 81.8 Å². The highest BCUT2D eigenvalue weighted by molar-refractivity contribution is 7.47. The summed E-state index contributed by atoms with van der Waals surface area (Å²) in [5, 5.41) is 5.22. The summed E-state index contributed by atoms with van der Waals surface area (Å²) in [6, 6.07) is 0. The number of phosphoric ester groups is 1. The van der Waals surface area contributed by atoms with Gasteiger partial charge in [0.2, 0.25) is 5.91 Å². The molecule has 470 valence electrons. The molecule has 1 atom stereocenters. The van der Waals surface area contributed by atoms with Crippen molar-refractivity contribution in [1.82, 2.24) is 10.6 Å². The van der Waals surface area contributed by atoms with Crippen molar-refractivity contribution in [3.8, 4) is 0 Å². The van der Waals surface area contributed by atoms with Gasteiger partial charge in [0.15, 0.2) is 0 Å². The first-order valence-corrected chi connectivity index (χ1v) is 30.9. The third-order valence-corrected chi connectivity index (χ3v) is 12.0. The van der Waals surface area contributed by atoms with Crippen molar-refractivity contribution in [2.45, 2.75) is 149 Å². The van der Waals surface area contributed by atoms with E-state index in [4.69, 9.17) is 75.4 Å². The molecule has 0 aromatic rings. The first kappa shape index (κ1) is 76.8. The SMILES string of the molecule is CCCCCCCCCCCCCCCCCC(=O)OCCCOP(=O)(O)OCCNC(=O)CCOCCOCCOCCOCCOCCOCCOCCOCCOCCOCCOCCOCCNC(=O)OC(C)(C)C. The molecular weight excluding hydrogens is 1060 g/mol. The van der Waals surface area contributed by atoms with Crippen molar-refractivity contribution in [3.63, 3.8) is 0 Å². The molecule has 79 heavy (non-hydrogen) atoms. The smallest absolute Gasteiger partial charge is 0.466 e. The number of hydrogen-bond acceptors (Lipinski definition) is 20. The average Bonchev–Trinajstić information content (AvgIpc) is 3.41. The highest BCUT2D eigenvalue weighted by Crippen LogP contribution is 2.42. The van der Waals surface area contributed by atoms with Crippen LogP contribution in [0, 0.1) is 0 Å². The summed E-state index contributed by atoms with van der Waals surface area (Å²) < 4.78 is 98.0. The van der Waals surface area contributed by atoms with Gasteiger partial charge in [-0.25, -0.2) is 9.36 Å². The molecule has 3 N–H and O–H groups in total. The first-order valence-electron chi connectivity index (χ1n) is 29.4. The van der Waals surface area contributed by atoms with Crippen molar-refractivity contribution < 1.29 is 99.2 Å². The molecule has 0 aromatic heterocycles. The summed E-state index contributed by atoms with van der Waals surface area (Å²) >= 11 is 0. The molecule has 0 saturated carbocycles. The van der Waals surface area contributed by atoms with E-state index in [1.807, 2.05) is 20.8 Å². The number of phosphoric acid groups is 1. The second-order valence-corrected chi connectivity index (χ2v) is 20.7. The molecule has 0 aromatic carbocycles. The van der Waals surface area contributed by atoms with E-state index < -0.39 is 19.5 Å². The Balaban J connectivity index is 3.31. The third kappa shape index (κ3) is 66.5. The summed E-state index contributed by atoms with van der Waals surface area (Å²) in [6.07, 6.45) is 19.2. The largest absolute Gasteiger partial charge is 0.472 e. The number of carbonyl (C=O) groups is 3. The fourth-order valence-corrected chi connectivity index (χ4v) is 7.60. The van der Waals surface area contributed by atoms with Crippen molar-refractivity contribution in [1.29, 1.82) is 0 Å². The number of rotatable bonds is 64. The number of alkyl carbamates (subject to hydrolysis) is 1. The zero-order valence-electron chi connectivity index (χ0n) is 49.3. The van der Waals surface area contributed by atoms with Gasteiger partial charge in [0, 0.05) is 32.4 Å². The first-order chi connectivity index (χ1) is 38.4. The molecule has 0 aliphatic rings. The molecule has 24 heteroatoms. The lowest BCUT2D eigenvalue weighted by atomic mass is 10.0. The number of carbonyl (C=O) groups excluding carboxylic acids is 3. The molecule has 1 unspecified atom stereocenters. The molecule has 0 fully saturated rings. The van der Waals surface area contributed by atoms with Gasteiger partial charge in [0.25, 0.3) is 0 Å². The second kappa shape index (κ2) is 60.4. The highest BCUT2D eigenvalue weighted by atomic mass is 31.2. The molecule has 0 rings (SSSR count). The monoisotopic (exact) mass is 1160 g/mol. The van der Waals surface area contributed by atoms with E-state index in [2.05, 4.69) is 17.6 Å². The van der Waals surface area contributed by atoms with Crippen molar-refractivity contribution in [2.24, 2.45) is 0 Å². The van der Waals surface area contributed by atoms with Crippen LogP contribution in [-0.4, -0.2) is 220 Å². The van der Waals surface area contributed by atoms with E-state index in [-0.39, 0.29) is 57.7 Å². The summed E-state index contributed by atoms with van der Waals surface area (Å²) in [6.45, 7) is 18.1. The lowest BCUT2D eigenvalue weighted by Gasteiger charge is -2.19. The predicted molar refractivity (Wildman–Crippen MR) is 299 cm³/mol. The average molecular weight is 1170 g/mol. The molecule has 0 radical (unpaired) electrons. The van der Waals surface area contributed by atoms with Crippen LogP contribution in [0.25, 0.3) is 0 Å². The standard InChI is InChI=1S/C55H109N2O21P/c1-5-6-7-8-9-10-11-12-13-14-15-16-17-18-19-21-53(59)75-25-20-26-76-79(61,62)77-29-24-56-52(58)22-27-63-30-32-65-34-36-67-38-40-69-42-44-71-46-48-73-50-51-74-49-47-72-45-43-70-41-39-68-37-35-66-33-31-64-28-23-57-54(60)78-55(2,3)4/h5-51H2,1-4H3,(H,56,58)(H,57,60)(H,61,62). The van der Waals surface area contributed by atoms with Crippen molar-refractivity contribution in [3.05, 3.63) is 0 Å². The van der Waals surface area contributed by atoms with E-state index in [0.29, 0.717) is 165 Å². The van der Waals surface area contributed by atoms with Crippen LogP contribution in [-0.2, 0) is 89.5 Å². The molecular formula is C55H109N2O21P. The van der Waals surface area contributed by atoms with Crippen LogP contribution in [0.4, 0.5) is 4.79 Å². The van der Waals surface area contributed by atoms with Crippen LogP contribution in [0.2, 0.25) is 0 Å². The Morgan fingerprint density at radius 1 is 0.367 bits per heavy atom. The van der Waals surface area contributed by atoms with Gasteiger partial charge in [-0.15, -0.1) is 0 Å². The van der Waals surface area contributed by atoms with Crippen LogP contribution in [0.15, 0.2) is 0 Å². The van der Waals surface area contributed by atoms with E-state index >= 15 is 0 Å². The van der Waals surface area contributed by atoms with Crippen LogP contribution in [0.3, 0.4) is 0 Å². The van der Waals surface area contributed by atoms with Crippen molar-refractivity contribution in [2.75, 3.05) is 191 Å². The van der Waals surface area contributed by atoms with Crippen molar-refractivity contribution >= 4 is 25.8 Å². The number of ether oxygens (including phenoxy) is 14. The fraction of sp³-hybridized carbons (Fsp3) is 0.945. The van der Waals surface area contributed by atoms with Gasteiger partial charge >= 0.3 is 19.9 Å². The van der Waals surface area contributed by atoms with Crippen LogP contribution < -0.4 is 10.6 Å². The maximum Gasteiger partial charge on any atom is 0.472 e. The Morgan fingerprint density at radius 3 is 1.05 bits per heavy atom. The molecule has 2 amide bonds. The quantitative estimate of drug-likeness (QED) is 0.0302. The minimum atomic E-state index is -4.30. The minimum Gasteiger partial charge on any atom is -0.466 e. The van der Waals surface area contributed by atoms with E-state index in [1.54, 1.807) is 0 Å². The number of hydrogen-bond donors (Lipinski definition) is 3. The Labute approximate surface area is 474 Å². The number of nitrogens with one attached hydrogen (secondary N) is 2. The topological polar surface area (TPSA) is 260 Å². The van der Waals surface area contributed by atoms with Crippen LogP contribution in [0.5, 0.6) is 0 Å². The van der Waals surface area contributed by atoms with Gasteiger partial charge in [-0.3, -0.25) is 18.6 Å². The predicted octanol–water partition coefficient (Wildman–Crippen LogP) is 7.55. The Morgan fingerprint density at radius 2 is 0.684 bits per heavy atom. The summed E-state index contributed by atoms with van der Waals surface area (Å²) in [4.78, 5) is 45.4. The molecule has 0 heterocycles. The van der Waals surface area contributed by atoms with E-state index in [0.717, 1.165) is 19.3 Å². The molecule has 0 bridgehead atoms. The maximum atomic E-state index is 12.1. The molecule has 0 aliphatic carbocycles. The Bertz CT molecular complexity index is 1370. The normalized spacial score (nSPS) is 12.5. The maximum absolute atomic E-state index is 12.1. The van der Waals surface area contributed by atoms with Crippen LogP contribution >= 0.6 is 7.82 Å². The van der Waals surface area contributed by atoms with Gasteiger partial charge in [-0.2, -0.15) is 0 Å². The lowest BCUT2D eigenvalue weighted by molar-refractivity contribution is -0.144. The van der Waals surface area contributed by atoms with E-state index in [1.165, 1.54) is 77.0 Å². The van der Waals surface area contributed by atoms with Crippen LogP contribution in [0.1, 0.15) is 143 Å². The number of esters is 1. The Hall–Kier alpha value is -2.16. The fourth-order valence-electron chi connectivity index (χ4n) is 6.84. The zero-order valence-corrected chi connectivity index (χ0v) is 50.2. The van der Waals surface area contributed by atoms with Gasteiger partial charge in [-0.05, 0) is 27.2 Å². The van der Waals surface area contributed by atoms with Gasteiger partial charge in [-0.1, -0.05) is 96.8 Å². The summed E-state index contributed by atoms with van der Waals surface area (Å²) in [5.74, 6) is -0.560. The molecule has 23 nitrogen and oxygen atoms in total. The Kier molecular flexibility index (Phi) is 58.8. The highest BCUT2D eigenvalue weighted by Gasteiger charge is 2.21. The lowest BCUT2D eigenvalue weighted by Crippen LogP contribution is -2.34. The summed E-state index contributed by atoms with van der Waals surface area (Å²) in [5.41, 5.74) is -0.525. The van der Waals surface area contributed by atoms with Gasteiger partial charge in [0.05, 0.1) is 178 Å². The minimum absolute atomic E-state index is 0.0244. The van der Waals surface area contributed by atoms with E-state index in [9.17, 15) is 23.8 Å². The van der Waals surface area contributed by atoms with Gasteiger partial charge in [0.1, 0.15) is 5.60 Å². The number of amides is 2. The molecule has 0 saturated heterocycles.